The molecule has 0 spiro atoms. The van der Waals surface area contributed by atoms with Crippen LogP contribution < -0.4 is 10.6 Å². The van der Waals surface area contributed by atoms with E-state index in [1.54, 1.807) is 11.3 Å². The summed E-state index contributed by atoms with van der Waals surface area (Å²) in [6.45, 7) is 5.67. The van der Waals surface area contributed by atoms with Crippen molar-refractivity contribution in [2.45, 2.75) is 26.8 Å². The Labute approximate surface area is 116 Å². The zero-order chi connectivity index (χ0) is 13.8. The van der Waals surface area contributed by atoms with Gasteiger partial charge in [0.1, 0.15) is 0 Å². The summed E-state index contributed by atoms with van der Waals surface area (Å²) in [5.74, 6) is -0.0650. The van der Waals surface area contributed by atoms with E-state index >= 15 is 0 Å². The maximum Gasteiger partial charge on any atom is 0.221 e. The minimum Gasteiger partial charge on any atom is -0.359 e. The minimum absolute atomic E-state index is 0.0650. The number of amides is 1. The summed E-state index contributed by atoms with van der Waals surface area (Å²) in [7, 11) is 0. The molecular formula is C14H17N3OS. The van der Waals surface area contributed by atoms with E-state index < -0.39 is 0 Å². The van der Waals surface area contributed by atoms with Gasteiger partial charge in [0.25, 0.3) is 0 Å². The lowest BCUT2D eigenvalue weighted by Gasteiger charge is -2.05. The molecule has 0 fully saturated rings. The summed E-state index contributed by atoms with van der Waals surface area (Å²) in [5.41, 5.74) is 2.79. The number of carbonyl (C=O) groups is 1. The molecule has 100 valence electrons. The SMILES string of the molecule is CC(=O)Nc1ccc(-c2csc(NC(C)C)n2)cc1. The lowest BCUT2D eigenvalue weighted by Crippen LogP contribution is -2.08. The second-order valence-electron chi connectivity index (χ2n) is 4.60. The van der Waals surface area contributed by atoms with Gasteiger partial charge in [0.2, 0.25) is 5.91 Å². The van der Waals surface area contributed by atoms with Crippen LogP contribution in [0.3, 0.4) is 0 Å². The molecule has 1 amide bonds. The molecule has 1 aromatic heterocycles. The number of carbonyl (C=O) groups excluding carboxylic acids is 1. The van der Waals surface area contributed by atoms with Crippen LogP contribution in [-0.2, 0) is 4.79 Å². The van der Waals surface area contributed by atoms with Crippen molar-refractivity contribution in [1.29, 1.82) is 0 Å². The Morgan fingerprint density at radius 2 is 1.95 bits per heavy atom. The lowest BCUT2D eigenvalue weighted by molar-refractivity contribution is -0.114. The number of nitrogens with zero attached hydrogens (tertiary/aromatic N) is 1. The first kappa shape index (κ1) is 13.5. The van der Waals surface area contributed by atoms with Gasteiger partial charge >= 0.3 is 0 Å². The first-order valence-electron chi connectivity index (χ1n) is 6.14. The van der Waals surface area contributed by atoms with Gasteiger partial charge in [-0.15, -0.1) is 11.3 Å². The summed E-state index contributed by atoms with van der Waals surface area (Å²) >= 11 is 1.60. The average Bonchev–Trinajstić information content (AvgIpc) is 2.76. The summed E-state index contributed by atoms with van der Waals surface area (Å²) < 4.78 is 0. The van der Waals surface area contributed by atoms with Gasteiger partial charge < -0.3 is 10.6 Å². The molecule has 0 unspecified atom stereocenters. The molecule has 4 nitrogen and oxygen atoms in total. The fourth-order valence-electron chi connectivity index (χ4n) is 1.65. The van der Waals surface area contributed by atoms with Crippen LogP contribution >= 0.6 is 11.3 Å². The zero-order valence-corrected chi connectivity index (χ0v) is 12.0. The minimum atomic E-state index is -0.0650. The van der Waals surface area contributed by atoms with Crippen molar-refractivity contribution in [3.8, 4) is 11.3 Å². The summed E-state index contributed by atoms with van der Waals surface area (Å²) in [6, 6.07) is 8.05. The van der Waals surface area contributed by atoms with Crippen LogP contribution in [0.2, 0.25) is 0 Å². The number of anilines is 2. The van der Waals surface area contributed by atoms with Crippen LogP contribution in [0.5, 0.6) is 0 Å². The van der Waals surface area contributed by atoms with Crippen molar-refractivity contribution in [3.05, 3.63) is 29.6 Å². The van der Waals surface area contributed by atoms with E-state index in [4.69, 9.17) is 0 Å². The van der Waals surface area contributed by atoms with Crippen molar-refractivity contribution in [3.63, 3.8) is 0 Å². The Kier molecular flexibility index (Phi) is 4.16. The fourth-order valence-corrected chi connectivity index (χ4v) is 2.51. The predicted molar refractivity (Wildman–Crippen MR) is 80.6 cm³/mol. The van der Waals surface area contributed by atoms with Crippen LogP contribution in [0, 0.1) is 0 Å². The standard InChI is InChI=1S/C14H17N3OS/c1-9(2)15-14-17-13(8-19-14)11-4-6-12(7-5-11)16-10(3)18/h4-9H,1-3H3,(H,15,17)(H,16,18). The van der Waals surface area contributed by atoms with E-state index in [9.17, 15) is 4.79 Å². The molecule has 0 saturated heterocycles. The van der Waals surface area contributed by atoms with E-state index in [0.717, 1.165) is 22.1 Å². The number of hydrogen-bond donors (Lipinski definition) is 2. The predicted octanol–water partition coefficient (Wildman–Crippen LogP) is 3.59. The van der Waals surface area contributed by atoms with E-state index in [-0.39, 0.29) is 5.91 Å². The van der Waals surface area contributed by atoms with Crippen LogP contribution in [0.25, 0.3) is 11.3 Å². The van der Waals surface area contributed by atoms with E-state index in [2.05, 4.69) is 29.5 Å². The molecule has 19 heavy (non-hydrogen) atoms. The molecule has 0 aliphatic rings. The normalized spacial score (nSPS) is 10.5. The molecule has 0 bridgehead atoms. The molecular weight excluding hydrogens is 258 g/mol. The maximum absolute atomic E-state index is 10.9. The highest BCUT2D eigenvalue weighted by molar-refractivity contribution is 7.14. The van der Waals surface area contributed by atoms with Gasteiger partial charge in [0, 0.05) is 29.6 Å². The van der Waals surface area contributed by atoms with Crippen molar-refractivity contribution in [2.75, 3.05) is 10.6 Å². The smallest absolute Gasteiger partial charge is 0.221 e. The molecule has 2 N–H and O–H groups in total. The molecule has 0 atom stereocenters. The van der Waals surface area contributed by atoms with Crippen LogP contribution in [0.4, 0.5) is 10.8 Å². The van der Waals surface area contributed by atoms with Crippen molar-refractivity contribution in [2.24, 2.45) is 0 Å². The van der Waals surface area contributed by atoms with Crippen LogP contribution in [0.1, 0.15) is 20.8 Å². The second kappa shape index (κ2) is 5.84. The van der Waals surface area contributed by atoms with Gasteiger partial charge in [-0.05, 0) is 26.0 Å². The monoisotopic (exact) mass is 275 g/mol. The van der Waals surface area contributed by atoms with Crippen molar-refractivity contribution in [1.82, 2.24) is 4.98 Å². The average molecular weight is 275 g/mol. The fraction of sp³-hybridized carbons (Fsp3) is 0.286. The molecule has 1 heterocycles. The second-order valence-corrected chi connectivity index (χ2v) is 5.45. The Hall–Kier alpha value is -1.88. The largest absolute Gasteiger partial charge is 0.359 e. The summed E-state index contributed by atoms with van der Waals surface area (Å²) in [4.78, 5) is 15.5. The number of thiazole rings is 1. The quantitative estimate of drug-likeness (QED) is 0.896. The molecule has 2 rings (SSSR count). The number of aromatic nitrogens is 1. The highest BCUT2D eigenvalue weighted by atomic mass is 32.1. The number of rotatable bonds is 4. The molecule has 0 saturated carbocycles. The number of benzene rings is 1. The van der Waals surface area contributed by atoms with Crippen molar-refractivity contribution < 1.29 is 4.79 Å². The van der Waals surface area contributed by atoms with Gasteiger partial charge in [-0.1, -0.05) is 12.1 Å². The van der Waals surface area contributed by atoms with E-state index in [0.29, 0.717) is 6.04 Å². The third-order valence-electron chi connectivity index (χ3n) is 2.42. The maximum atomic E-state index is 10.9. The highest BCUT2D eigenvalue weighted by Gasteiger charge is 2.05. The molecule has 2 aromatic rings. The summed E-state index contributed by atoms with van der Waals surface area (Å²) in [6.07, 6.45) is 0. The Morgan fingerprint density at radius 3 is 2.53 bits per heavy atom. The molecule has 0 aliphatic heterocycles. The van der Waals surface area contributed by atoms with E-state index in [1.807, 2.05) is 29.6 Å². The third-order valence-corrected chi connectivity index (χ3v) is 3.19. The Bertz CT molecular complexity index is 560. The molecule has 0 aliphatic carbocycles. The molecule has 5 heteroatoms. The van der Waals surface area contributed by atoms with Crippen LogP contribution in [-0.4, -0.2) is 16.9 Å². The van der Waals surface area contributed by atoms with Gasteiger partial charge in [-0.2, -0.15) is 0 Å². The van der Waals surface area contributed by atoms with Gasteiger partial charge in [-0.3, -0.25) is 4.79 Å². The van der Waals surface area contributed by atoms with Gasteiger partial charge in [0.05, 0.1) is 5.69 Å². The lowest BCUT2D eigenvalue weighted by atomic mass is 10.1. The van der Waals surface area contributed by atoms with Crippen molar-refractivity contribution >= 4 is 28.1 Å². The van der Waals surface area contributed by atoms with Gasteiger partial charge in [-0.25, -0.2) is 4.98 Å². The summed E-state index contributed by atoms with van der Waals surface area (Å²) in [5, 5.41) is 8.98. The number of hydrogen-bond acceptors (Lipinski definition) is 4. The first-order chi connectivity index (χ1) is 9.04. The highest BCUT2D eigenvalue weighted by Crippen LogP contribution is 2.26. The van der Waals surface area contributed by atoms with Crippen LogP contribution in [0.15, 0.2) is 29.6 Å². The Balaban J connectivity index is 2.13. The Morgan fingerprint density at radius 1 is 1.26 bits per heavy atom. The first-order valence-corrected chi connectivity index (χ1v) is 7.02. The van der Waals surface area contributed by atoms with E-state index in [1.165, 1.54) is 6.92 Å². The topological polar surface area (TPSA) is 54.0 Å². The van der Waals surface area contributed by atoms with Gasteiger partial charge in [0.15, 0.2) is 5.13 Å². The zero-order valence-electron chi connectivity index (χ0n) is 11.2. The molecule has 1 aromatic carbocycles. The molecule has 0 radical (unpaired) electrons. The third kappa shape index (κ3) is 3.79. The number of nitrogens with one attached hydrogen (secondary N) is 2.